The zero-order chi connectivity index (χ0) is 26.5. The highest BCUT2D eigenvalue weighted by Gasteiger charge is 2.38. The second-order valence-corrected chi connectivity index (χ2v) is 11.3. The number of benzene rings is 1. The first kappa shape index (κ1) is 27.7. The van der Waals surface area contributed by atoms with Crippen LogP contribution in [0.1, 0.15) is 23.5 Å². The molecule has 37 heavy (non-hydrogen) atoms. The molecule has 8 nitrogen and oxygen atoms in total. The number of hydrogen-bond donors (Lipinski definition) is 2. The Labute approximate surface area is 229 Å². The van der Waals surface area contributed by atoms with Crippen LogP contribution in [-0.4, -0.2) is 76.7 Å². The van der Waals surface area contributed by atoms with Crippen molar-refractivity contribution >= 4 is 56.8 Å². The minimum atomic E-state index is -1.12. The van der Waals surface area contributed by atoms with Crippen LogP contribution in [0.2, 0.25) is 0 Å². The fourth-order valence-corrected chi connectivity index (χ4v) is 6.36. The number of rotatable bonds is 10. The van der Waals surface area contributed by atoms with E-state index >= 15 is 0 Å². The van der Waals surface area contributed by atoms with Gasteiger partial charge in [0, 0.05) is 53.1 Å². The van der Waals surface area contributed by atoms with Crippen LogP contribution < -0.4 is 5.32 Å². The maximum absolute atomic E-state index is 14.8. The van der Waals surface area contributed by atoms with Crippen molar-refractivity contribution in [2.24, 2.45) is 10.9 Å². The van der Waals surface area contributed by atoms with Gasteiger partial charge < -0.3 is 15.2 Å². The average molecular weight is 616 g/mol. The standard InChI is InChI=1S/C24H25BrF2N4O4S2/c1-2-35-24(34)20-18(10-31-8-13(17(27)9-31)11-36-12-19(32)33)29-22(23-28-5-6-37-23)30-21(20)15-4-3-14(26)7-16(15)25/h3-7,13,17,21H,2,8-12H2,1H3,(H,29,30)(H,32,33)/t13?,17?,21-/m0/s1. The number of halogens is 3. The van der Waals surface area contributed by atoms with Gasteiger partial charge in [-0.3, -0.25) is 14.7 Å². The molecule has 0 radical (unpaired) electrons. The molecule has 2 unspecified atom stereocenters. The van der Waals surface area contributed by atoms with Gasteiger partial charge in [-0.2, -0.15) is 0 Å². The van der Waals surface area contributed by atoms with E-state index in [0.29, 0.717) is 38.9 Å². The Balaban J connectivity index is 1.68. The third-order valence-electron chi connectivity index (χ3n) is 5.89. The lowest BCUT2D eigenvalue weighted by molar-refractivity contribution is -0.139. The molecule has 4 rings (SSSR count). The summed E-state index contributed by atoms with van der Waals surface area (Å²) < 4.78 is 34.5. The molecule has 3 atom stereocenters. The van der Waals surface area contributed by atoms with Crippen molar-refractivity contribution in [3.63, 3.8) is 0 Å². The van der Waals surface area contributed by atoms with Gasteiger partial charge in [0.1, 0.15) is 18.0 Å². The van der Waals surface area contributed by atoms with Crippen LogP contribution in [0.3, 0.4) is 0 Å². The Morgan fingerprint density at radius 2 is 2.19 bits per heavy atom. The van der Waals surface area contributed by atoms with Crippen LogP contribution in [-0.2, 0) is 14.3 Å². The SMILES string of the molecule is CCOC(=O)C1=C(CN2CC(F)C(CSCC(=O)O)C2)NC(c2nccs2)=N[C@H]1c1ccc(F)cc1Br. The van der Waals surface area contributed by atoms with Gasteiger partial charge in [0.05, 0.1) is 17.9 Å². The van der Waals surface area contributed by atoms with Gasteiger partial charge in [-0.15, -0.1) is 23.1 Å². The van der Waals surface area contributed by atoms with Crippen molar-refractivity contribution < 1.29 is 28.2 Å². The summed E-state index contributed by atoms with van der Waals surface area (Å²) in [6.45, 7) is 2.62. The van der Waals surface area contributed by atoms with E-state index in [9.17, 15) is 18.4 Å². The van der Waals surface area contributed by atoms with Gasteiger partial charge in [-0.1, -0.05) is 22.0 Å². The van der Waals surface area contributed by atoms with Crippen molar-refractivity contribution in [2.45, 2.75) is 19.1 Å². The van der Waals surface area contributed by atoms with Crippen molar-refractivity contribution in [3.8, 4) is 0 Å². The number of carbonyl (C=O) groups is 2. The summed E-state index contributed by atoms with van der Waals surface area (Å²) in [4.78, 5) is 35.1. The Morgan fingerprint density at radius 1 is 1.38 bits per heavy atom. The monoisotopic (exact) mass is 614 g/mol. The third kappa shape index (κ3) is 6.75. The van der Waals surface area contributed by atoms with E-state index in [-0.39, 0.29) is 36.9 Å². The fourth-order valence-electron chi connectivity index (χ4n) is 4.29. The van der Waals surface area contributed by atoms with Gasteiger partial charge in [0.15, 0.2) is 10.8 Å². The molecule has 3 heterocycles. The number of amidine groups is 1. The van der Waals surface area contributed by atoms with E-state index in [0.717, 1.165) is 0 Å². The number of esters is 1. The average Bonchev–Trinajstić information content (AvgIpc) is 3.49. The first-order chi connectivity index (χ1) is 17.8. The number of carboxylic acid groups (broad SMARTS) is 1. The number of likely N-dealkylation sites (tertiary alicyclic amines) is 1. The lowest BCUT2D eigenvalue weighted by Gasteiger charge is -2.29. The number of alkyl halides is 1. The maximum Gasteiger partial charge on any atom is 0.338 e. The topological polar surface area (TPSA) is 104 Å². The van der Waals surface area contributed by atoms with E-state index in [1.807, 2.05) is 4.90 Å². The van der Waals surface area contributed by atoms with Crippen molar-refractivity contribution in [3.05, 3.63) is 61.9 Å². The number of hydrogen-bond acceptors (Lipinski definition) is 9. The molecule has 2 N–H and O–H groups in total. The molecule has 1 aromatic carbocycles. The highest BCUT2D eigenvalue weighted by molar-refractivity contribution is 9.10. The largest absolute Gasteiger partial charge is 0.481 e. The lowest BCUT2D eigenvalue weighted by Crippen LogP contribution is -2.39. The van der Waals surface area contributed by atoms with Gasteiger partial charge in [-0.05, 0) is 24.6 Å². The zero-order valence-corrected chi connectivity index (χ0v) is 23.0. The normalized spacial score (nSPS) is 22.1. The minimum Gasteiger partial charge on any atom is -0.481 e. The molecule has 198 valence electrons. The molecule has 0 spiro atoms. The number of thiazole rings is 1. The molecule has 0 bridgehead atoms. The summed E-state index contributed by atoms with van der Waals surface area (Å²) in [5.74, 6) is -1.51. The third-order valence-corrected chi connectivity index (χ3v) is 8.47. The lowest BCUT2D eigenvalue weighted by atomic mass is 9.95. The summed E-state index contributed by atoms with van der Waals surface area (Å²) in [6, 6.07) is 3.37. The van der Waals surface area contributed by atoms with E-state index in [1.165, 1.54) is 35.2 Å². The van der Waals surface area contributed by atoms with E-state index in [2.05, 4.69) is 26.2 Å². The van der Waals surface area contributed by atoms with Crippen LogP contribution >= 0.6 is 39.0 Å². The van der Waals surface area contributed by atoms with Crippen LogP contribution in [0.25, 0.3) is 0 Å². The number of carboxylic acids is 1. The number of nitrogens with one attached hydrogen (secondary N) is 1. The quantitative estimate of drug-likeness (QED) is 0.387. The van der Waals surface area contributed by atoms with Crippen LogP contribution in [0.5, 0.6) is 0 Å². The number of nitrogens with zero attached hydrogens (tertiary/aromatic N) is 3. The highest BCUT2D eigenvalue weighted by Crippen LogP contribution is 2.37. The molecule has 2 aliphatic rings. The molecule has 0 saturated carbocycles. The van der Waals surface area contributed by atoms with E-state index in [4.69, 9.17) is 14.8 Å². The number of ether oxygens (including phenoxy) is 1. The summed E-state index contributed by atoms with van der Waals surface area (Å²) in [5, 5.41) is 14.5. The van der Waals surface area contributed by atoms with Crippen LogP contribution in [0, 0.1) is 11.7 Å². The minimum absolute atomic E-state index is 0.0786. The summed E-state index contributed by atoms with van der Waals surface area (Å²) in [7, 11) is 0. The smallest absolute Gasteiger partial charge is 0.338 e. The second kappa shape index (κ2) is 12.5. The molecular formula is C24H25BrF2N4O4S2. The zero-order valence-electron chi connectivity index (χ0n) is 19.8. The molecule has 0 amide bonds. The molecule has 2 aromatic rings. The highest BCUT2D eigenvalue weighted by atomic mass is 79.9. The summed E-state index contributed by atoms with van der Waals surface area (Å²) in [6.07, 6.45) is 0.524. The predicted molar refractivity (Wildman–Crippen MR) is 142 cm³/mol. The van der Waals surface area contributed by atoms with Gasteiger partial charge >= 0.3 is 11.9 Å². The second-order valence-electron chi connectivity index (χ2n) is 8.50. The molecule has 13 heteroatoms. The number of aliphatic carboxylic acids is 1. The Bertz CT molecular complexity index is 1210. The fraction of sp³-hybridized carbons (Fsp3) is 0.417. The Hall–Kier alpha value is -2.35. The van der Waals surface area contributed by atoms with Gasteiger partial charge in [-0.25, -0.2) is 18.6 Å². The number of aliphatic imine (C=N–C) groups is 1. The predicted octanol–water partition coefficient (Wildman–Crippen LogP) is 4.04. The van der Waals surface area contributed by atoms with Crippen LogP contribution in [0.15, 0.2) is 50.5 Å². The number of aromatic nitrogens is 1. The summed E-state index contributed by atoms with van der Waals surface area (Å²) in [5.41, 5.74) is 1.34. The van der Waals surface area contributed by atoms with Crippen molar-refractivity contribution in [1.29, 1.82) is 0 Å². The molecule has 0 aliphatic carbocycles. The number of thioether (sulfide) groups is 1. The Kier molecular flexibility index (Phi) is 9.32. The molecule has 2 aliphatic heterocycles. The van der Waals surface area contributed by atoms with E-state index < -0.39 is 30.0 Å². The Morgan fingerprint density at radius 3 is 2.86 bits per heavy atom. The number of carbonyl (C=O) groups excluding carboxylic acids is 1. The van der Waals surface area contributed by atoms with Crippen molar-refractivity contribution in [1.82, 2.24) is 15.2 Å². The van der Waals surface area contributed by atoms with Crippen LogP contribution in [0.4, 0.5) is 8.78 Å². The molecule has 1 aromatic heterocycles. The van der Waals surface area contributed by atoms with Crippen molar-refractivity contribution in [2.75, 3.05) is 37.7 Å². The molecular weight excluding hydrogens is 590 g/mol. The first-order valence-electron chi connectivity index (χ1n) is 11.5. The molecule has 1 fully saturated rings. The summed E-state index contributed by atoms with van der Waals surface area (Å²) >= 11 is 5.97. The maximum atomic E-state index is 14.8. The van der Waals surface area contributed by atoms with E-state index in [1.54, 1.807) is 24.6 Å². The van der Waals surface area contributed by atoms with Gasteiger partial charge in [0.2, 0.25) is 0 Å². The molecule has 1 saturated heterocycles. The first-order valence-corrected chi connectivity index (χ1v) is 14.3. The van der Waals surface area contributed by atoms with Gasteiger partial charge in [0.25, 0.3) is 0 Å².